The third-order valence-corrected chi connectivity index (χ3v) is 4.94. The summed E-state index contributed by atoms with van der Waals surface area (Å²) in [7, 11) is 0. The summed E-state index contributed by atoms with van der Waals surface area (Å²) >= 11 is 0. The van der Waals surface area contributed by atoms with Gasteiger partial charge in [-0.3, -0.25) is 0 Å². The Bertz CT molecular complexity index is 1050. The lowest BCUT2D eigenvalue weighted by molar-refractivity contribution is 0.460. The first-order chi connectivity index (χ1) is 13.5. The molecule has 4 aromatic rings. The second-order valence-electron chi connectivity index (χ2n) is 7.28. The quantitative estimate of drug-likeness (QED) is 0.491. The minimum atomic E-state index is -0.0889. The second kappa shape index (κ2) is 7.27. The van der Waals surface area contributed by atoms with Crippen molar-refractivity contribution in [1.29, 1.82) is 0 Å². The zero-order valence-electron chi connectivity index (χ0n) is 16.2. The van der Waals surface area contributed by atoms with Gasteiger partial charge in [0.15, 0.2) is 5.82 Å². The lowest BCUT2D eigenvalue weighted by Crippen LogP contribution is -2.18. The van der Waals surface area contributed by atoms with E-state index in [2.05, 4.69) is 72.2 Å². The molecule has 0 saturated carbocycles. The highest BCUT2D eigenvalue weighted by molar-refractivity contribution is 5.41. The van der Waals surface area contributed by atoms with Crippen molar-refractivity contribution in [3.05, 3.63) is 96.1 Å². The Labute approximate surface area is 164 Å². The molecule has 0 amide bonds. The lowest BCUT2D eigenvalue weighted by Gasteiger charge is -2.26. The summed E-state index contributed by atoms with van der Waals surface area (Å²) in [6.45, 7) is 6.57. The standard InChI is InChI=1S/C23H22N4O/c1-17-5-7-18(8-6-17)23(2,3)19-9-11-20(12-10-19)28-22-15-21(24-16-25-22)27-14-4-13-26-27/h4-16H,1-3H3. The summed E-state index contributed by atoms with van der Waals surface area (Å²) in [5, 5.41) is 4.18. The maximum absolute atomic E-state index is 5.91. The van der Waals surface area contributed by atoms with Gasteiger partial charge in [0.2, 0.25) is 5.88 Å². The Morgan fingerprint density at radius 2 is 1.57 bits per heavy atom. The van der Waals surface area contributed by atoms with Crippen LogP contribution >= 0.6 is 0 Å². The number of hydrogen-bond donors (Lipinski definition) is 0. The van der Waals surface area contributed by atoms with Crippen molar-refractivity contribution in [1.82, 2.24) is 19.7 Å². The van der Waals surface area contributed by atoms with E-state index in [4.69, 9.17) is 4.74 Å². The lowest BCUT2D eigenvalue weighted by atomic mass is 9.78. The average molecular weight is 370 g/mol. The van der Waals surface area contributed by atoms with E-state index in [0.717, 1.165) is 5.75 Å². The first kappa shape index (κ1) is 17.9. The van der Waals surface area contributed by atoms with Crippen molar-refractivity contribution in [2.45, 2.75) is 26.2 Å². The van der Waals surface area contributed by atoms with Crippen LogP contribution < -0.4 is 4.74 Å². The van der Waals surface area contributed by atoms with Crippen LogP contribution in [0.2, 0.25) is 0 Å². The smallest absolute Gasteiger partial charge is 0.224 e. The predicted molar refractivity (Wildman–Crippen MR) is 109 cm³/mol. The molecule has 2 aromatic carbocycles. The van der Waals surface area contributed by atoms with E-state index in [-0.39, 0.29) is 5.41 Å². The summed E-state index contributed by atoms with van der Waals surface area (Å²) in [6, 6.07) is 20.4. The van der Waals surface area contributed by atoms with Crippen LogP contribution in [0, 0.1) is 6.92 Å². The van der Waals surface area contributed by atoms with Crippen LogP contribution in [-0.2, 0) is 5.41 Å². The molecule has 0 radical (unpaired) electrons. The third-order valence-electron chi connectivity index (χ3n) is 4.94. The molecule has 0 atom stereocenters. The van der Waals surface area contributed by atoms with Crippen LogP contribution in [0.1, 0.15) is 30.5 Å². The zero-order valence-corrected chi connectivity index (χ0v) is 16.2. The molecule has 0 aliphatic heterocycles. The maximum Gasteiger partial charge on any atom is 0.224 e. The number of nitrogens with zero attached hydrogens (tertiary/aromatic N) is 4. The molecule has 0 unspecified atom stereocenters. The normalized spacial score (nSPS) is 11.4. The molecule has 0 fully saturated rings. The van der Waals surface area contributed by atoms with Gasteiger partial charge in [-0.25, -0.2) is 14.6 Å². The molecular formula is C23H22N4O. The maximum atomic E-state index is 5.91. The first-order valence-electron chi connectivity index (χ1n) is 9.20. The molecule has 140 valence electrons. The Balaban J connectivity index is 1.54. The molecule has 2 heterocycles. The predicted octanol–water partition coefficient (Wildman–Crippen LogP) is 5.09. The summed E-state index contributed by atoms with van der Waals surface area (Å²) in [6.07, 6.45) is 5.01. The molecule has 2 aromatic heterocycles. The molecule has 0 aliphatic carbocycles. The minimum absolute atomic E-state index is 0.0889. The van der Waals surface area contributed by atoms with Crippen molar-refractivity contribution < 1.29 is 4.74 Å². The molecule has 0 saturated heterocycles. The summed E-state index contributed by atoms with van der Waals surface area (Å²) in [5.74, 6) is 1.87. The van der Waals surface area contributed by atoms with Gasteiger partial charge in [0.05, 0.1) is 0 Å². The van der Waals surface area contributed by atoms with Crippen molar-refractivity contribution in [3.8, 4) is 17.4 Å². The van der Waals surface area contributed by atoms with Gasteiger partial charge in [0, 0.05) is 23.9 Å². The Kier molecular flexibility index (Phi) is 4.65. The molecule has 5 nitrogen and oxygen atoms in total. The highest BCUT2D eigenvalue weighted by Gasteiger charge is 2.22. The van der Waals surface area contributed by atoms with Gasteiger partial charge in [-0.05, 0) is 36.2 Å². The van der Waals surface area contributed by atoms with Crippen molar-refractivity contribution in [2.24, 2.45) is 0 Å². The number of rotatable bonds is 5. The number of aromatic nitrogens is 4. The molecule has 0 spiro atoms. The monoisotopic (exact) mass is 370 g/mol. The van der Waals surface area contributed by atoms with E-state index in [9.17, 15) is 0 Å². The van der Waals surface area contributed by atoms with Crippen LogP contribution in [0.15, 0.2) is 79.4 Å². The van der Waals surface area contributed by atoms with Crippen LogP contribution in [0.5, 0.6) is 11.6 Å². The largest absolute Gasteiger partial charge is 0.439 e. The van der Waals surface area contributed by atoms with Gasteiger partial charge in [-0.1, -0.05) is 55.8 Å². The minimum Gasteiger partial charge on any atom is -0.439 e. The highest BCUT2D eigenvalue weighted by Crippen LogP contribution is 2.33. The van der Waals surface area contributed by atoms with E-state index >= 15 is 0 Å². The van der Waals surface area contributed by atoms with Crippen molar-refractivity contribution >= 4 is 0 Å². The van der Waals surface area contributed by atoms with Crippen LogP contribution in [0.3, 0.4) is 0 Å². The zero-order chi connectivity index (χ0) is 19.6. The van der Waals surface area contributed by atoms with E-state index in [0.29, 0.717) is 11.7 Å². The highest BCUT2D eigenvalue weighted by atomic mass is 16.5. The van der Waals surface area contributed by atoms with E-state index in [1.165, 1.54) is 23.0 Å². The van der Waals surface area contributed by atoms with E-state index < -0.39 is 0 Å². The van der Waals surface area contributed by atoms with Gasteiger partial charge >= 0.3 is 0 Å². The fraction of sp³-hybridized carbons (Fsp3) is 0.174. The van der Waals surface area contributed by atoms with Gasteiger partial charge in [0.1, 0.15) is 12.1 Å². The summed E-state index contributed by atoms with van der Waals surface area (Å²) in [4.78, 5) is 8.42. The van der Waals surface area contributed by atoms with Gasteiger partial charge < -0.3 is 4.74 Å². The van der Waals surface area contributed by atoms with Crippen LogP contribution in [0.4, 0.5) is 0 Å². The van der Waals surface area contributed by atoms with E-state index in [1.54, 1.807) is 16.9 Å². The van der Waals surface area contributed by atoms with Crippen LogP contribution in [0.25, 0.3) is 5.82 Å². The number of ether oxygens (including phenoxy) is 1. The fourth-order valence-electron chi connectivity index (χ4n) is 3.11. The molecule has 4 rings (SSSR count). The SMILES string of the molecule is Cc1ccc(C(C)(C)c2ccc(Oc3cc(-n4cccn4)ncn3)cc2)cc1. The topological polar surface area (TPSA) is 52.8 Å². The summed E-state index contributed by atoms with van der Waals surface area (Å²) in [5.41, 5.74) is 3.69. The molecule has 0 aliphatic rings. The van der Waals surface area contributed by atoms with Crippen molar-refractivity contribution in [3.63, 3.8) is 0 Å². The summed E-state index contributed by atoms with van der Waals surface area (Å²) < 4.78 is 7.58. The second-order valence-corrected chi connectivity index (χ2v) is 7.28. The number of benzene rings is 2. The molecule has 5 heteroatoms. The Morgan fingerprint density at radius 1 is 0.893 bits per heavy atom. The molecule has 0 N–H and O–H groups in total. The third kappa shape index (κ3) is 3.64. The van der Waals surface area contributed by atoms with Crippen molar-refractivity contribution in [2.75, 3.05) is 0 Å². The number of hydrogen-bond acceptors (Lipinski definition) is 4. The van der Waals surface area contributed by atoms with E-state index in [1.807, 2.05) is 24.4 Å². The fourth-order valence-corrected chi connectivity index (χ4v) is 3.11. The average Bonchev–Trinajstić information content (AvgIpc) is 3.24. The Hall–Kier alpha value is -3.47. The van der Waals surface area contributed by atoms with Crippen LogP contribution in [-0.4, -0.2) is 19.7 Å². The first-order valence-corrected chi connectivity index (χ1v) is 9.20. The molecule has 28 heavy (non-hydrogen) atoms. The van der Waals surface area contributed by atoms with Gasteiger partial charge in [-0.2, -0.15) is 5.10 Å². The van der Waals surface area contributed by atoms with Gasteiger partial charge in [-0.15, -0.1) is 0 Å². The Morgan fingerprint density at radius 3 is 2.21 bits per heavy atom. The number of aryl methyl sites for hydroxylation is 1. The molecular weight excluding hydrogens is 348 g/mol. The van der Waals surface area contributed by atoms with Gasteiger partial charge in [0.25, 0.3) is 0 Å². The molecule has 0 bridgehead atoms.